The maximum atomic E-state index is 12.7. The van der Waals surface area contributed by atoms with Crippen molar-refractivity contribution in [1.29, 1.82) is 0 Å². The fraction of sp³-hybridized carbons (Fsp3) is 0.188. The minimum atomic E-state index is -0.618. The second kappa shape index (κ2) is 7.88. The van der Waals surface area contributed by atoms with Crippen LogP contribution in [-0.4, -0.2) is 30.5 Å². The molecule has 2 N–H and O–H groups in total. The molecule has 2 rings (SSSR count). The Hall–Kier alpha value is -2.96. The van der Waals surface area contributed by atoms with Gasteiger partial charge < -0.3 is 15.4 Å². The number of aromatic nitrogens is 1. The van der Waals surface area contributed by atoms with Gasteiger partial charge in [0.2, 0.25) is 11.9 Å². The summed E-state index contributed by atoms with van der Waals surface area (Å²) < 4.78 is 17.8. The molecule has 0 fully saturated rings. The van der Waals surface area contributed by atoms with Crippen molar-refractivity contribution in [3.05, 3.63) is 54.1 Å². The van der Waals surface area contributed by atoms with E-state index in [0.29, 0.717) is 17.0 Å². The van der Waals surface area contributed by atoms with Crippen molar-refractivity contribution in [2.75, 3.05) is 19.0 Å². The maximum absolute atomic E-state index is 12.7. The van der Waals surface area contributed by atoms with Crippen molar-refractivity contribution < 1.29 is 18.7 Å². The quantitative estimate of drug-likeness (QED) is 0.799. The Morgan fingerprint density at radius 2 is 2.00 bits per heavy atom. The van der Waals surface area contributed by atoms with Gasteiger partial charge in [-0.2, -0.15) is 4.39 Å². The van der Waals surface area contributed by atoms with Crippen LogP contribution in [0.15, 0.2) is 42.6 Å². The van der Waals surface area contributed by atoms with Gasteiger partial charge in [0.15, 0.2) is 0 Å². The number of carbonyl (C=O) groups excluding carboxylic acids is 2. The lowest BCUT2D eigenvalue weighted by Crippen LogP contribution is -2.28. The lowest BCUT2D eigenvalue weighted by molar-refractivity contribution is -0.116. The zero-order valence-electron chi connectivity index (χ0n) is 12.5. The molecule has 0 aliphatic heterocycles. The number of nitrogens with zero attached hydrogens (tertiary/aromatic N) is 1. The van der Waals surface area contributed by atoms with Gasteiger partial charge in [-0.3, -0.25) is 9.59 Å². The Morgan fingerprint density at radius 3 is 2.70 bits per heavy atom. The van der Waals surface area contributed by atoms with Crippen LogP contribution in [-0.2, 0) is 4.79 Å². The summed E-state index contributed by atoms with van der Waals surface area (Å²) in [6, 6.07) is 9.37. The van der Waals surface area contributed by atoms with Crippen LogP contribution in [0.25, 0.3) is 0 Å². The van der Waals surface area contributed by atoms with E-state index in [4.69, 9.17) is 4.74 Å². The largest absolute Gasteiger partial charge is 0.496 e. The highest BCUT2D eigenvalue weighted by molar-refractivity contribution is 5.97. The predicted octanol–water partition coefficient (Wildman–Crippen LogP) is 1.99. The van der Waals surface area contributed by atoms with Crippen LogP contribution in [0.5, 0.6) is 5.75 Å². The normalized spacial score (nSPS) is 10.0. The van der Waals surface area contributed by atoms with Crippen LogP contribution in [0, 0.1) is 5.95 Å². The van der Waals surface area contributed by atoms with Gasteiger partial charge in [-0.1, -0.05) is 12.1 Å². The van der Waals surface area contributed by atoms with E-state index in [2.05, 4.69) is 15.6 Å². The molecule has 0 saturated heterocycles. The third-order valence-electron chi connectivity index (χ3n) is 3.00. The highest BCUT2D eigenvalue weighted by Gasteiger charge is 2.11. The van der Waals surface area contributed by atoms with Gasteiger partial charge in [0, 0.05) is 13.0 Å². The summed E-state index contributed by atoms with van der Waals surface area (Å²) >= 11 is 0. The van der Waals surface area contributed by atoms with Crippen LogP contribution >= 0.6 is 0 Å². The number of pyridine rings is 1. The number of para-hydroxylation sites is 1. The Bertz CT molecular complexity index is 689. The lowest BCUT2D eigenvalue weighted by Gasteiger charge is -2.09. The topological polar surface area (TPSA) is 80.3 Å². The number of ether oxygens (including phenoxy) is 1. The van der Waals surface area contributed by atoms with E-state index in [1.54, 1.807) is 24.3 Å². The number of rotatable bonds is 6. The molecule has 0 unspecified atom stereocenters. The van der Waals surface area contributed by atoms with Crippen LogP contribution in [0.3, 0.4) is 0 Å². The highest BCUT2D eigenvalue weighted by atomic mass is 19.1. The minimum absolute atomic E-state index is 0.0816. The number of halogens is 1. The Morgan fingerprint density at radius 1 is 1.22 bits per heavy atom. The second-order valence-corrected chi connectivity index (χ2v) is 4.62. The minimum Gasteiger partial charge on any atom is -0.496 e. The Balaban J connectivity index is 1.81. The number of benzene rings is 1. The van der Waals surface area contributed by atoms with Gasteiger partial charge >= 0.3 is 0 Å². The van der Waals surface area contributed by atoms with E-state index in [9.17, 15) is 14.0 Å². The van der Waals surface area contributed by atoms with E-state index in [-0.39, 0.29) is 24.8 Å². The first kappa shape index (κ1) is 16.4. The average Bonchev–Trinajstić information content (AvgIpc) is 2.56. The van der Waals surface area contributed by atoms with Gasteiger partial charge in [0.25, 0.3) is 5.91 Å². The molecule has 6 nitrogen and oxygen atoms in total. The molecule has 1 heterocycles. The van der Waals surface area contributed by atoms with E-state index < -0.39 is 5.95 Å². The third kappa shape index (κ3) is 4.77. The van der Waals surface area contributed by atoms with Gasteiger partial charge in [0.1, 0.15) is 5.75 Å². The second-order valence-electron chi connectivity index (χ2n) is 4.62. The molecule has 0 bridgehead atoms. The maximum Gasteiger partial charge on any atom is 0.255 e. The van der Waals surface area contributed by atoms with Gasteiger partial charge in [-0.25, -0.2) is 4.98 Å². The molecule has 120 valence electrons. The number of methoxy groups -OCH3 is 1. The van der Waals surface area contributed by atoms with Crippen LogP contribution in [0.1, 0.15) is 16.8 Å². The van der Waals surface area contributed by atoms with Gasteiger partial charge in [0.05, 0.1) is 24.6 Å². The first-order valence-electron chi connectivity index (χ1n) is 6.93. The molecule has 0 atom stereocenters. The van der Waals surface area contributed by atoms with Crippen molar-refractivity contribution in [3.8, 4) is 5.75 Å². The molecule has 2 amide bonds. The fourth-order valence-electron chi connectivity index (χ4n) is 1.89. The summed E-state index contributed by atoms with van der Waals surface area (Å²) in [4.78, 5) is 27.2. The summed E-state index contributed by atoms with van der Waals surface area (Å²) in [6.07, 6.45) is 1.30. The van der Waals surface area contributed by atoms with Crippen LogP contribution in [0.2, 0.25) is 0 Å². The van der Waals surface area contributed by atoms with Crippen molar-refractivity contribution in [1.82, 2.24) is 10.3 Å². The number of anilines is 1. The smallest absolute Gasteiger partial charge is 0.255 e. The van der Waals surface area contributed by atoms with Crippen LogP contribution < -0.4 is 15.4 Å². The Kier molecular flexibility index (Phi) is 5.62. The summed E-state index contributed by atoms with van der Waals surface area (Å²) in [7, 11) is 1.48. The molecule has 0 aliphatic rings. The van der Waals surface area contributed by atoms with E-state index >= 15 is 0 Å². The van der Waals surface area contributed by atoms with E-state index in [1.165, 1.54) is 19.4 Å². The zero-order valence-corrected chi connectivity index (χ0v) is 12.5. The van der Waals surface area contributed by atoms with E-state index in [1.807, 2.05) is 0 Å². The third-order valence-corrected chi connectivity index (χ3v) is 3.00. The standard InChI is InChI=1S/C16H16FN3O3/c1-23-13-5-3-2-4-12(13)16(22)18-9-8-15(21)20-11-6-7-14(17)19-10-11/h2-7,10H,8-9H2,1H3,(H,18,22)(H,20,21). The number of amides is 2. The van der Waals surface area contributed by atoms with Gasteiger partial charge in [-0.05, 0) is 24.3 Å². The molecule has 2 aromatic rings. The summed E-state index contributed by atoms with van der Waals surface area (Å²) in [5, 5.41) is 5.21. The van der Waals surface area contributed by atoms with Gasteiger partial charge in [-0.15, -0.1) is 0 Å². The number of nitrogens with one attached hydrogen (secondary N) is 2. The fourth-order valence-corrected chi connectivity index (χ4v) is 1.89. The monoisotopic (exact) mass is 317 g/mol. The molecule has 7 heteroatoms. The summed E-state index contributed by atoms with van der Waals surface area (Å²) in [6.45, 7) is 0.164. The molecular formula is C16H16FN3O3. The SMILES string of the molecule is COc1ccccc1C(=O)NCCC(=O)Nc1ccc(F)nc1. The molecule has 0 radical (unpaired) electrons. The summed E-state index contributed by atoms with van der Waals surface area (Å²) in [5.41, 5.74) is 0.797. The van der Waals surface area contributed by atoms with Crippen molar-refractivity contribution >= 4 is 17.5 Å². The summed E-state index contributed by atoms with van der Waals surface area (Å²) in [5.74, 6) is -0.781. The highest BCUT2D eigenvalue weighted by Crippen LogP contribution is 2.16. The molecule has 1 aromatic carbocycles. The first-order chi connectivity index (χ1) is 11.1. The van der Waals surface area contributed by atoms with Crippen molar-refractivity contribution in [2.45, 2.75) is 6.42 Å². The first-order valence-corrected chi connectivity index (χ1v) is 6.93. The van der Waals surface area contributed by atoms with Crippen molar-refractivity contribution in [2.24, 2.45) is 0 Å². The molecule has 0 aliphatic carbocycles. The Labute approximate surface area is 132 Å². The lowest BCUT2D eigenvalue weighted by atomic mass is 10.2. The molecular weight excluding hydrogens is 301 g/mol. The molecule has 1 aromatic heterocycles. The molecule has 0 saturated carbocycles. The van der Waals surface area contributed by atoms with Crippen molar-refractivity contribution in [3.63, 3.8) is 0 Å². The average molecular weight is 317 g/mol. The van der Waals surface area contributed by atoms with E-state index in [0.717, 1.165) is 6.07 Å². The molecule has 0 spiro atoms. The number of hydrogen-bond acceptors (Lipinski definition) is 4. The zero-order chi connectivity index (χ0) is 16.7. The number of hydrogen-bond donors (Lipinski definition) is 2. The molecule has 23 heavy (non-hydrogen) atoms. The predicted molar refractivity (Wildman–Crippen MR) is 82.8 cm³/mol. The van der Waals surface area contributed by atoms with Crippen LogP contribution in [0.4, 0.5) is 10.1 Å². The number of carbonyl (C=O) groups is 2.